The molecule has 2 heterocycles. The van der Waals surface area contributed by atoms with E-state index in [0.717, 1.165) is 18.4 Å². The molecule has 2 fully saturated rings. The van der Waals surface area contributed by atoms with E-state index in [1.807, 2.05) is 0 Å². The summed E-state index contributed by atoms with van der Waals surface area (Å²) in [6, 6.07) is 0. The molecule has 4 heteroatoms. The van der Waals surface area contributed by atoms with Gasteiger partial charge < -0.3 is 16.0 Å². The Kier molecular flexibility index (Phi) is 3.81. The van der Waals surface area contributed by atoms with Gasteiger partial charge in [-0.1, -0.05) is 0 Å². The molecule has 2 aliphatic rings. The molecule has 14 heavy (non-hydrogen) atoms. The van der Waals surface area contributed by atoms with E-state index in [1.54, 1.807) is 0 Å². The Hall–Kier alpha value is 0.170. The van der Waals surface area contributed by atoms with Crippen LogP contribution in [-0.2, 0) is 0 Å². The van der Waals surface area contributed by atoms with Crippen LogP contribution in [0.2, 0.25) is 0 Å². The zero-order chi connectivity index (χ0) is 9.47. The molecule has 0 saturated carbocycles. The molecular weight excluding hydrogens is 198 g/mol. The summed E-state index contributed by atoms with van der Waals surface area (Å²) in [5.74, 6) is 1.78. The van der Waals surface area contributed by atoms with Crippen molar-refractivity contribution < 1.29 is 0 Å². The number of fused-ring (bicyclic) bond motifs is 1. The van der Waals surface area contributed by atoms with Gasteiger partial charge in [0.25, 0.3) is 0 Å². The van der Waals surface area contributed by atoms with E-state index in [9.17, 15) is 0 Å². The molecule has 0 amide bonds. The number of halogens is 1. The Morgan fingerprint density at radius 3 is 2.21 bits per heavy atom. The van der Waals surface area contributed by atoms with Crippen molar-refractivity contribution in [2.45, 2.75) is 19.4 Å². The van der Waals surface area contributed by atoms with Crippen molar-refractivity contribution in [1.82, 2.24) is 10.2 Å². The van der Waals surface area contributed by atoms with Crippen LogP contribution in [0.5, 0.6) is 0 Å². The fraction of sp³-hybridized carbons (Fsp3) is 1.00. The predicted molar refractivity (Wildman–Crippen MR) is 61.8 cm³/mol. The zero-order valence-electron chi connectivity index (χ0n) is 9.12. The first-order chi connectivity index (χ1) is 6.04. The Bertz CT molecular complexity index is 178. The predicted octanol–water partition coefficient (Wildman–Crippen LogP) is 0.297. The number of nitrogens with two attached hydrogens (primary N) is 1. The van der Waals surface area contributed by atoms with Gasteiger partial charge in [-0.3, -0.25) is 0 Å². The first-order valence-corrected chi connectivity index (χ1v) is 5.26. The van der Waals surface area contributed by atoms with E-state index >= 15 is 0 Å². The van der Waals surface area contributed by atoms with Crippen molar-refractivity contribution in [1.29, 1.82) is 0 Å². The van der Waals surface area contributed by atoms with Gasteiger partial charge in [0, 0.05) is 25.2 Å². The standard InChI is InChI=1S/C10H21N3.ClH/c1-10(2,11)7-13-5-8-3-12-4-9(8)6-13;/h8-9,12H,3-7,11H2,1-2H3;1H/t8-,9+;. The highest BCUT2D eigenvalue weighted by Gasteiger charge is 2.36. The lowest BCUT2D eigenvalue weighted by molar-refractivity contribution is 0.255. The average molecular weight is 220 g/mol. The molecule has 2 atom stereocenters. The molecule has 0 aliphatic carbocycles. The lowest BCUT2D eigenvalue weighted by Crippen LogP contribution is -2.45. The molecule has 0 aromatic carbocycles. The lowest BCUT2D eigenvalue weighted by Gasteiger charge is -2.26. The van der Waals surface area contributed by atoms with Crippen LogP contribution < -0.4 is 11.1 Å². The van der Waals surface area contributed by atoms with Crippen molar-refractivity contribution >= 4 is 12.4 Å². The minimum atomic E-state index is -0.0356. The Morgan fingerprint density at radius 1 is 1.29 bits per heavy atom. The van der Waals surface area contributed by atoms with E-state index in [0.29, 0.717) is 0 Å². The van der Waals surface area contributed by atoms with Crippen molar-refractivity contribution in [3.8, 4) is 0 Å². The largest absolute Gasteiger partial charge is 0.324 e. The first-order valence-electron chi connectivity index (χ1n) is 5.26. The summed E-state index contributed by atoms with van der Waals surface area (Å²) in [5.41, 5.74) is 5.97. The summed E-state index contributed by atoms with van der Waals surface area (Å²) in [5, 5.41) is 3.45. The third kappa shape index (κ3) is 2.83. The molecular formula is C10H22ClN3. The molecule has 84 valence electrons. The summed E-state index contributed by atoms with van der Waals surface area (Å²) in [6.07, 6.45) is 0. The zero-order valence-corrected chi connectivity index (χ0v) is 9.94. The fourth-order valence-corrected chi connectivity index (χ4v) is 2.66. The van der Waals surface area contributed by atoms with Gasteiger partial charge in [0.1, 0.15) is 0 Å². The molecule has 0 aromatic rings. The van der Waals surface area contributed by atoms with Gasteiger partial charge >= 0.3 is 0 Å². The second-order valence-corrected chi connectivity index (χ2v) is 5.36. The van der Waals surface area contributed by atoms with Crippen LogP contribution in [0.15, 0.2) is 0 Å². The summed E-state index contributed by atoms with van der Waals surface area (Å²) < 4.78 is 0. The molecule has 0 radical (unpaired) electrons. The number of nitrogens with zero attached hydrogens (tertiary/aromatic N) is 1. The van der Waals surface area contributed by atoms with Crippen LogP contribution in [0.3, 0.4) is 0 Å². The maximum Gasteiger partial charge on any atom is 0.0226 e. The third-order valence-electron chi connectivity index (χ3n) is 3.10. The highest BCUT2D eigenvalue weighted by molar-refractivity contribution is 5.85. The lowest BCUT2D eigenvalue weighted by atomic mass is 10.0. The molecule has 3 N–H and O–H groups in total. The van der Waals surface area contributed by atoms with Gasteiger partial charge in [-0.25, -0.2) is 0 Å². The Labute approximate surface area is 92.8 Å². The van der Waals surface area contributed by atoms with Crippen molar-refractivity contribution in [3.63, 3.8) is 0 Å². The first kappa shape index (κ1) is 12.2. The maximum absolute atomic E-state index is 6.01. The second kappa shape index (κ2) is 4.35. The molecule has 0 spiro atoms. The topological polar surface area (TPSA) is 41.3 Å². The van der Waals surface area contributed by atoms with Crippen molar-refractivity contribution in [2.75, 3.05) is 32.7 Å². The average Bonchev–Trinajstić information content (AvgIpc) is 2.40. The fourth-order valence-electron chi connectivity index (χ4n) is 2.66. The highest BCUT2D eigenvalue weighted by Crippen LogP contribution is 2.26. The van der Waals surface area contributed by atoms with Crippen LogP contribution in [0.1, 0.15) is 13.8 Å². The number of hydrogen-bond acceptors (Lipinski definition) is 3. The van der Waals surface area contributed by atoms with Crippen molar-refractivity contribution in [2.24, 2.45) is 17.6 Å². The maximum atomic E-state index is 6.01. The molecule has 0 aromatic heterocycles. The highest BCUT2D eigenvalue weighted by atomic mass is 35.5. The van der Waals surface area contributed by atoms with Gasteiger partial charge in [-0.05, 0) is 38.8 Å². The summed E-state index contributed by atoms with van der Waals surface area (Å²) in [7, 11) is 0. The third-order valence-corrected chi connectivity index (χ3v) is 3.10. The van der Waals surface area contributed by atoms with Gasteiger partial charge in [0.2, 0.25) is 0 Å². The molecule has 2 aliphatic heterocycles. The monoisotopic (exact) mass is 219 g/mol. The van der Waals surface area contributed by atoms with Gasteiger partial charge in [-0.2, -0.15) is 0 Å². The van der Waals surface area contributed by atoms with Crippen LogP contribution in [0.4, 0.5) is 0 Å². The van der Waals surface area contributed by atoms with Crippen LogP contribution in [-0.4, -0.2) is 43.2 Å². The summed E-state index contributed by atoms with van der Waals surface area (Å²) >= 11 is 0. The van der Waals surface area contributed by atoms with Crippen LogP contribution in [0.25, 0.3) is 0 Å². The molecule has 2 saturated heterocycles. The van der Waals surface area contributed by atoms with E-state index in [-0.39, 0.29) is 17.9 Å². The van der Waals surface area contributed by atoms with Crippen molar-refractivity contribution in [3.05, 3.63) is 0 Å². The normalized spacial score (nSPS) is 32.8. The van der Waals surface area contributed by atoms with E-state index in [2.05, 4.69) is 24.1 Å². The minimum absolute atomic E-state index is 0. The molecule has 2 rings (SSSR count). The smallest absolute Gasteiger partial charge is 0.0226 e. The molecule has 3 nitrogen and oxygen atoms in total. The number of hydrogen-bond donors (Lipinski definition) is 2. The molecule has 0 unspecified atom stereocenters. The summed E-state index contributed by atoms with van der Waals surface area (Å²) in [6.45, 7) is 10.2. The number of likely N-dealkylation sites (tertiary alicyclic amines) is 1. The second-order valence-electron chi connectivity index (χ2n) is 5.36. The quantitative estimate of drug-likeness (QED) is 0.702. The van der Waals surface area contributed by atoms with Gasteiger partial charge in [0.15, 0.2) is 0 Å². The van der Waals surface area contributed by atoms with Crippen LogP contribution >= 0.6 is 12.4 Å². The van der Waals surface area contributed by atoms with E-state index in [4.69, 9.17) is 5.73 Å². The number of rotatable bonds is 2. The minimum Gasteiger partial charge on any atom is -0.324 e. The SMILES string of the molecule is CC(C)(N)CN1C[C@H]2CNC[C@H]2C1.Cl. The van der Waals surface area contributed by atoms with E-state index < -0.39 is 0 Å². The summed E-state index contributed by atoms with van der Waals surface area (Å²) in [4.78, 5) is 2.52. The number of nitrogens with one attached hydrogen (secondary N) is 1. The van der Waals surface area contributed by atoms with E-state index in [1.165, 1.54) is 26.2 Å². The molecule has 0 bridgehead atoms. The van der Waals surface area contributed by atoms with Gasteiger partial charge in [0.05, 0.1) is 0 Å². The van der Waals surface area contributed by atoms with Crippen LogP contribution in [0, 0.1) is 11.8 Å². The Morgan fingerprint density at radius 2 is 1.79 bits per heavy atom. The Balaban J connectivity index is 0.000000980. The van der Waals surface area contributed by atoms with Gasteiger partial charge in [-0.15, -0.1) is 12.4 Å².